The Morgan fingerprint density at radius 1 is 1.21 bits per heavy atom. The average Bonchev–Trinajstić information content (AvgIpc) is 2.86. The number of hydrogen-bond donors (Lipinski definition) is 1. The van der Waals surface area contributed by atoms with Gasteiger partial charge in [0, 0.05) is 24.7 Å². The van der Waals surface area contributed by atoms with Gasteiger partial charge in [-0.1, -0.05) is 18.2 Å². The zero-order valence-electron chi connectivity index (χ0n) is 22.2. The van der Waals surface area contributed by atoms with Crippen LogP contribution in [0.5, 0.6) is 5.88 Å². The van der Waals surface area contributed by atoms with E-state index in [1.807, 2.05) is 19.0 Å². The monoisotopic (exact) mass is 567 g/mol. The van der Waals surface area contributed by atoms with Crippen LogP contribution in [0.25, 0.3) is 10.9 Å². The van der Waals surface area contributed by atoms with E-state index < -0.39 is 39.2 Å². The third-order valence-electron chi connectivity index (χ3n) is 6.90. The summed E-state index contributed by atoms with van der Waals surface area (Å²) in [6, 6.07) is 4.75. The maximum absolute atomic E-state index is 14.9. The molecule has 13 heteroatoms. The van der Waals surface area contributed by atoms with Crippen LogP contribution in [-0.2, 0) is 16.9 Å². The topological polar surface area (TPSA) is 106 Å². The van der Waals surface area contributed by atoms with Crippen molar-refractivity contribution in [2.45, 2.75) is 38.2 Å². The van der Waals surface area contributed by atoms with Gasteiger partial charge in [-0.3, -0.25) is 4.79 Å². The zero-order valence-corrected chi connectivity index (χ0v) is 23.1. The normalized spacial score (nSPS) is 16.6. The number of hydrogen-bond acceptors (Lipinski definition) is 8. The summed E-state index contributed by atoms with van der Waals surface area (Å²) in [4.78, 5) is 19.5. The second kappa shape index (κ2) is 11.5. The molecular weight excluding hydrogens is 535 g/mol. The molecule has 1 aliphatic heterocycles. The number of nitrogens with zero attached hydrogens (tertiary/aromatic N) is 4. The molecule has 0 bridgehead atoms. The van der Waals surface area contributed by atoms with E-state index in [0.29, 0.717) is 36.9 Å². The Labute approximate surface area is 224 Å². The number of aryl methyl sites for hydroxylation is 1. The Morgan fingerprint density at radius 2 is 1.87 bits per heavy atom. The quantitative estimate of drug-likeness (QED) is 0.416. The van der Waals surface area contributed by atoms with Gasteiger partial charge in [-0.05, 0) is 45.8 Å². The molecule has 9 nitrogen and oxygen atoms in total. The maximum atomic E-state index is 14.9. The number of alkyl halides is 2. The van der Waals surface area contributed by atoms with Gasteiger partial charge in [-0.15, -0.1) is 0 Å². The summed E-state index contributed by atoms with van der Waals surface area (Å²) in [6.07, 6.45) is -2.21. The fourth-order valence-corrected chi connectivity index (χ4v) is 6.14. The highest BCUT2D eigenvalue weighted by Gasteiger charge is 2.29. The summed E-state index contributed by atoms with van der Waals surface area (Å²) in [6.45, 7) is 2.50. The molecule has 0 unspecified atom stereocenters. The average molecular weight is 568 g/mol. The Kier molecular flexibility index (Phi) is 8.50. The molecule has 1 aliphatic rings. The minimum atomic E-state index is -3.12. The Bertz CT molecular complexity index is 1510. The number of sulfone groups is 1. The molecule has 1 fully saturated rings. The van der Waals surface area contributed by atoms with Gasteiger partial charge in [-0.25, -0.2) is 31.3 Å². The van der Waals surface area contributed by atoms with Crippen molar-refractivity contribution < 1.29 is 26.3 Å². The van der Waals surface area contributed by atoms with Crippen molar-refractivity contribution >= 4 is 26.6 Å². The molecule has 212 valence electrons. The van der Waals surface area contributed by atoms with Crippen molar-refractivity contribution in [2.24, 2.45) is 7.05 Å². The maximum Gasteiger partial charge on any atom is 0.293 e. The minimum Gasteiger partial charge on any atom is -0.476 e. The summed E-state index contributed by atoms with van der Waals surface area (Å²) in [7, 11) is 2.11. The SMILES string of the molecule is C[C@@H](Nc1nn(C)c(=O)c2nc(OCCN(C)C)c(C3CCS(=O)(=O)CC3)cc12)c1cccc(C(F)F)c1F. The third-order valence-corrected chi connectivity index (χ3v) is 8.62. The molecule has 0 saturated carbocycles. The Balaban J connectivity index is 1.80. The van der Waals surface area contributed by atoms with Crippen LogP contribution in [0.2, 0.25) is 0 Å². The molecule has 1 saturated heterocycles. The van der Waals surface area contributed by atoms with Gasteiger partial charge in [0.25, 0.3) is 12.0 Å². The first-order valence-electron chi connectivity index (χ1n) is 12.6. The fraction of sp³-hybridized carbons (Fsp3) is 0.500. The summed E-state index contributed by atoms with van der Waals surface area (Å²) in [5.41, 5.74) is -0.436. The van der Waals surface area contributed by atoms with Gasteiger partial charge in [0.05, 0.1) is 28.5 Å². The second-order valence-electron chi connectivity index (χ2n) is 10.1. The molecule has 4 rings (SSSR count). The van der Waals surface area contributed by atoms with Gasteiger partial charge in [0.1, 0.15) is 27.8 Å². The second-order valence-corrected chi connectivity index (χ2v) is 12.4. The highest BCUT2D eigenvalue weighted by Crippen LogP contribution is 2.37. The highest BCUT2D eigenvalue weighted by molar-refractivity contribution is 7.91. The molecule has 1 aromatic carbocycles. The first-order valence-corrected chi connectivity index (χ1v) is 14.4. The molecule has 0 amide bonds. The predicted molar refractivity (Wildman–Crippen MR) is 143 cm³/mol. The van der Waals surface area contributed by atoms with E-state index in [2.05, 4.69) is 15.4 Å². The van der Waals surface area contributed by atoms with Crippen molar-refractivity contribution in [2.75, 3.05) is 44.1 Å². The first-order chi connectivity index (χ1) is 18.4. The molecule has 2 aromatic heterocycles. The van der Waals surface area contributed by atoms with Crippen molar-refractivity contribution in [3.63, 3.8) is 0 Å². The smallest absolute Gasteiger partial charge is 0.293 e. The number of likely N-dealkylation sites (N-methyl/N-ethyl adjacent to an activating group) is 1. The Morgan fingerprint density at radius 3 is 2.51 bits per heavy atom. The lowest BCUT2D eigenvalue weighted by Crippen LogP contribution is -2.26. The van der Waals surface area contributed by atoms with E-state index in [1.165, 1.54) is 19.2 Å². The fourth-order valence-electron chi connectivity index (χ4n) is 4.65. The van der Waals surface area contributed by atoms with Crippen molar-refractivity contribution in [3.8, 4) is 5.88 Å². The molecule has 39 heavy (non-hydrogen) atoms. The van der Waals surface area contributed by atoms with E-state index in [1.54, 1.807) is 13.0 Å². The van der Waals surface area contributed by atoms with Crippen LogP contribution in [-0.4, -0.2) is 66.8 Å². The van der Waals surface area contributed by atoms with E-state index in [0.717, 1.165) is 10.7 Å². The van der Waals surface area contributed by atoms with Crippen LogP contribution in [0.15, 0.2) is 29.1 Å². The van der Waals surface area contributed by atoms with Gasteiger partial charge < -0.3 is 15.0 Å². The van der Waals surface area contributed by atoms with Crippen molar-refractivity contribution in [3.05, 3.63) is 57.1 Å². The lowest BCUT2D eigenvalue weighted by atomic mass is 9.93. The van der Waals surface area contributed by atoms with Crippen LogP contribution in [0.4, 0.5) is 19.0 Å². The number of ether oxygens (including phenoxy) is 1. The third kappa shape index (κ3) is 6.35. The van der Waals surface area contributed by atoms with Gasteiger partial charge in [-0.2, -0.15) is 5.10 Å². The van der Waals surface area contributed by atoms with Crippen molar-refractivity contribution in [1.82, 2.24) is 19.7 Å². The summed E-state index contributed by atoms with van der Waals surface area (Å²) in [5, 5.41) is 7.72. The molecule has 0 spiro atoms. The predicted octanol–water partition coefficient (Wildman–Crippen LogP) is 3.81. The minimum absolute atomic E-state index is 0.0194. The Hall–Kier alpha value is -3.19. The van der Waals surface area contributed by atoms with Gasteiger partial charge in [0.2, 0.25) is 5.88 Å². The number of anilines is 1. The van der Waals surface area contributed by atoms with Crippen molar-refractivity contribution in [1.29, 1.82) is 0 Å². The number of pyridine rings is 1. The van der Waals surface area contributed by atoms with Crippen LogP contribution < -0.4 is 15.6 Å². The molecule has 0 radical (unpaired) electrons. The standard InChI is InChI=1S/C26H32F3N5O4S/c1-15(17-6-5-7-18(21(17)27)23(28)29)30-24-20-14-19(16-8-12-39(36,37)13-9-16)25(38-11-10-33(2)3)31-22(20)26(35)34(4)32-24/h5-7,14-16,23H,8-13H2,1-4H3,(H,30,32)/t15-/m1/s1. The first kappa shape index (κ1) is 28.8. The largest absolute Gasteiger partial charge is 0.476 e. The lowest BCUT2D eigenvalue weighted by molar-refractivity contribution is 0.146. The number of benzene rings is 1. The van der Waals surface area contributed by atoms with Gasteiger partial charge >= 0.3 is 0 Å². The lowest BCUT2D eigenvalue weighted by Gasteiger charge is -2.25. The molecule has 1 N–H and O–H groups in total. The molecule has 3 heterocycles. The van der Waals surface area contributed by atoms with Crippen LogP contribution >= 0.6 is 0 Å². The summed E-state index contributed by atoms with van der Waals surface area (Å²) >= 11 is 0. The number of nitrogens with one attached hydrogen (secondary N) is 1. The number of halogens is 3. The zero-order chi connectivity index (χ0) is 28.5. The van der Waals surface area contributed by atoms with E-state index in [4.69, 9.17) is 4.74 Å². The van der Waals surface area contributed by atoms with Crippen LogP contribution in [0.1, 0.15) is 54.8 Å². The molecule has 0 aliphatic carbocycles. The van der Waals surface area contributed by atoms with E-state index in [9.17, 15) is 26.4 Å². The summed E-state index contributed by atoms with van der Waals surface area (Å²) in [5.74, 6) is -0.660. The highest BCUT2D eigenvalue weighted by atomic mass is 32.2. The van der Waals surface area contributed by atoms with Crippen LogP contribution in [0, 0.1) is 5.82 Å². The number of fused-ring (bicyclic) bond motifs is 1. The molecule has 3 aromatic rings. The molecule has 1 atom stereocenters. The van der Waals surface area contributed by atoms with E-state index >= 15 is 0 Å². The van der Waals surface area contributed by atoms with Gasteiger partial charge in [0.15, 0.2) is 5.82 Å². The number of rotatable bonds is 9. The van der Waals surface area contributed by atoms with E-state index in [-0.39, 0.29) is 40.2 Å². The number of aromatic nitrogens is 3. The molecular formula is C26H32F3N5O4S. The summed E-state index contributed by atoms with van der Waals surface area (Å²) < 4.78 is 72.6. The van der Waals surface area contributed by atoms with Crippen LogP contribution in [0.3, 0.4) is 0 Å².